The van der Waals surface area contributed by atoms with Crippen LogP contribution >= 0.6 is 0 Å². The Hall–Kier alpha value is -0.570. The normalized spacial score (nSPS) is 33.6. The highest BCUT2D eigenvalue weighted by molar-refractivity contribution is 5.82. The second-order valence-electron chi connectivity index (χ2n) is 5.66. The number of aliphatic hydroxyl groups excluding tert-OH is 1. The molecule has 0 aromatic rings. The van der Waals surface area contributed by atoms with Crippen LogP contribution in [0.5, 0.6) is 0 Å². The lowest BCUT2D eigenvalue weighted by Gasteiger charge is -2.22. The number of hydrogen-bond donors (Lipinski definition) is 2. The molecule has 0 aliphatic heterocycles. The van der Waals surface area contributed by atoms with E-state index in [-0.39, 0.29) is 18.6 Å². The van der Waals surface area contributed by atoms with Crippen LogP contribution in [0.1, 0.15) is 39.5 Å². The highest BCUT2D eigenvalue weighted by Crippen LogP contribution is 2.57. The molecular formula is C13H23NO2. The number of fused-ring (bicyclic) bond motifs is 1. The molecular weight excluding hydrogens is 202 g/mol. The van der Waals surface area contributed by atoms with Crippen LogP contribution in [0, 0.1) is 23.7 Å². The third-order valence-corrected chi connectivity index (χ3v) is 4.28. The first-order chi connectivity index (χ1) is 7.65. The van der Waals surface area contributed by atoms with Gasteiger partial charge in [0.25, 0.3) is 0 Å². The van der Waals surface area contributed by atoms with E-state index in [1.165, 1.54) is 19.3 Å². The molecule has 1 amide bonds. The lowest BCUT2D eigenvalue weighted by molar-refractivity contribution is -0.124. The van der Waals surface area contributed by atoms with E-state index in [1.54, 1.807) is 0 Å². The van der Waals surface area contributed by atoms with Crippen LogP contribution in [0.4, 0.5) is 0 Å². The van der Waals surface area contributed by atoms with Crippen molar-refractivity contribution >= 4 is 5.91 Å². The zero-order valence-electron chi connectivity index (χ0n) is 10.3. The minimum atomic E-state index is 0.138. The number of carbonyl (C=O) groups is 1. The lowest BCUT2D eigenvalue weighted by atomic mass is 10.0. The quantitative estimate of drug-likeness (QED) is 0.746. The van der Waals surface area contributed by atoms with Gasteiger partial charge >= 0.3 is 0 Å². The molecule has 2 saturated carbocycles. The molecule has 3 atom stereocenters. The van der Waals surface area contributed by atoms with E-state index in [9.17, 15) is 4.79 Å². The third kappa shape index (κ3) is 2.24. The second kappa shape index (κ2) is 4.74. The average molecular weight is 225 g/mol. The molecule has 2 N–H and O–H groups in total. The summed E-state index contributed by atoms with van der Waals surface area (Å²) in [6.07, 6.45) is 4.47. The van der Waals surface area contributed by atoms with Crippen LogP contribution < -0.4 is 5.32 Å². The first kappa shape index (κ1) is 11.9. The number of amides is 1. The van der Waals surface area contributed by atoms with Gasteiger partial charge in [0.05, 0.1) is 0 Å². The Morgan fingerprint density at radius 3 is 2.50 bits per heavy atom. The molecule has 2 aliphatic rings. The van der Waals surface area contributed by atoms with E-state index in [4.69, 9.17) is 5.11 Å². The summed E-state index contributed by atoms with van der Waals surface area (Å²) < 4.78 is 0. The molecule has 0 spiro atoms. The van der Waals surface area contributed by atoms with Crippen molar-refractivity contribution < 1.29 is 9.90 Å². The van der Waals surface area contributed by atoms with Crippen LogP contribution in [-0.4, -0.2) is 23.7 Å². The van der Waals surface area contributed by atoms with Crippen molar-refractivity contribution in [1.29, 1.82) is 0 Å². The van der Waals surface area contributed by atoms with Crippen LogP contribution in [0.2, 0.25) is 0 Å². The zero-order valence-corrected chi connectivity index (χ0v) is 10.3. The van der Waals surface area contributed by atoms with Gasteiger partial charge in [0.2, 0.25) is 5.91 Å². The monoisotopic (exact) mass is 225 g/mol. The van der Waals surface area contributed by atoms with Crippen LogP contribution in [0.15, 0.2) is 0 Å². The SMILES string of the molecule is CC(C)C(CCO)NC(=O)C1C2CCCC21. The number of carbonyl (C=O) groups excluding carboxylic acids is 1. The molecule has 0 heterocycles. The average Bonchev–Trinajstić information content (AvgIpc) is 2.72. The molecule has 3 unspecified atom stereocenters. The van der Waals surface area contributed by atoms with Gasteiger partial charge in [-0.15, -0.1) is 0 Å². The highest BCUT2D eigenvalue weighted by atomic mass is 16.3. The Labute approximate surface area is 97.6 Å². The number of hydrogen-bond acceptors (Lipinski definition) is 2. The van der Waals surface area contributed by atoms with Gasteiger partial charge in [-0.3, -0.25) is 4.79 Å². The van der Waals surface area contributed by atoms with Gasteiger partial charge in [0.1, 0.15) is 0 Å². The second-order valence-corrected chi connectivity index (χ2v) is 5.66. The van der Waals surface area contributed by atoms with E-state index < -0.39 is 0 Å². The Kier molecular flexibility index (Phi) is 3.53. The van der Waals surface area contributed by atoms with Gasteiger partial charge in [-0.25, -0.2) is 0 Å². The van der Waals surface area contributed by atoms with Gasteiger partial charge < -0.3 is 10.4 Å². The van der Waals surface area contributed by atoms with Crippen LogP contribution in [0.3, 0.4) is 0 Å². The fraction of sp³-hybridized carbons (Fsp3) is 0.923. The molecule has 2 rings (SSSR count). The van der Waals surface area contributed by atoms with Crippen LogP contribution in [-0.2, 0) is 4.79 Å². The van der Waals surface area contributed by atoms with E-state index >= 15 is 0 Å². The van der Waals surface area contributed by atoms with E-state index in [1.807, 2.05) is 0 Å². The predicted molar refractivity (Wildman–Crippen MR) is 62.8 cm³/mol. The van der Waals surface area contributed by atoms with E-state index in [2.05, 4.69) is 19.2 Å². The van der Waals surface area contributed by atoms with E-state index in [0.717, 1.165) is 0 Å². The highest BCUT2D eigenvalue weighted by Gasteiger charge is 2.56. The standard InChI is InChI=1S/C13H23NO2/c1-8(2)11(6-7-15)14-13(16)12-9-4-3-5-10(9)12/h8-12,15H,3-7H2,1-2H3,(H,14,16). The molecule has 16 heavy (non-hydrogen) atoms. The maximum Gasteiger partial charge on any atom is 0.223 e. The summed E-state index contributed by atoms with van der Waals surface area (Å²) in [6, 6.07) is 0.138. The fourth-order valence-corrected chi connectivity index (χ4v) is 3.20. The molecule has 92 valence electrons. The summed E-state index contributed by atoms with van der Waals surface area (Å²) in [5, 5.41) is 12.1. The summed E-state index contributed by atoms with van der Waals surface area (Å²) in [4.78, 5) is 12.0. The molecule has 2 fully saturated rings. The molecule has 3 nitrogen and oxygen atoms in total. The number of aliphatic hydroxyl groups is 1. The maximum absolute atomic E-state index is 12.0. The summed E-state index contributed by atoms with van der Waals surface area (Å²) in [5.74, 6) is 2.30. The number of rotatable bonds is 5. The molecule has 0 radical (unpaired) electrons. The Bertz CT molecular complexity index is 255. The van der Waals surface area contributed by atoms with E-state index in [0.29, 0.717) is 30.1 Å². The Balaban J connectivity index is 1.82. The molecule has 0 bridgehead atoms. The minimum Gasteiger partial charge on any atom is -0.396 e. The van der Waals surface area contributed by atoms with Crippen molar-refractivity contribution in [1.82, 2.24) is 5.32 Å². The maximum atomic E-state index is 12.0. The third-order valence-electron chi connectivity index (χ3n) is 4.28. The smallest absolute Gasteiger partial charge is 0.223 e. The van der Waals surface area contributed by atoms with Crippen LogP contribution in [0.25, 0.3) is 0 Å². The van der Waals surface area contributed by atoms with Gasteiger partial charge in [-0.2, -0.15) is 0 Å². The topological polar surface area (TPSA) is 49.3 Å². The van der Waals surface area contributed by atoms with Gasteiger partial charge in [-0.05, 0) is 37.0 Å². The van der Waals surface area contributed by atoms with Crippen molar-refractivity contribution in [3.05, 3.63) is 0 Å². The van der Waals surface area contributed by atoms with Gasteiger partial charge in [-0.1, -0.05) is 20.3 Å². The van der Waals surface area contributed by atoms with Gasteiger partial charge in [0, 0.05) is 18.6 Å². The van der Waals surface area contributed by atoms with Crippen molar-refractivity contribution in [2.24, 2.45) is 23.7 Å². The molecule has 2 aliphatic carbocycles. The first-order valence-electron chi connectivity index (χ1n) is 6.56. The van der Waals surface area contributed by atoms with Crippen molar-refractivity contribution in [2.75, 3.05) is 6.61 Å². The van der Waals surface area contributed by atoms with Gasteiger partial charge in [0.15, 0.2) is 0 Å². The fourth-order valence-electron chi connectivity index (χ4n) is 3.20. The zero-order chi connectivity index (χ0) is 11.7. The lowest BCUT2D eigenvalue weighted by Crippen LogP contribution is -2.40. The summed E-state index contributed by atoms with van der Waals surface area (Å²) in [6.45, 7) is 4.34. The Morgan fingerprint density at radius 1 is 1.38 bits per heavy atom. The van der Waals surface area contributed by atoms with Crippen molar-refractivity contribution in [3.63, 3.8) is 0 Å². The number of nitrogens with one attached hydrogen (secondary N) is 1. The predicted octanol–water partition coefficient (Wildman–Crippen LogP) is 1.56. The molecule has 0 aromatic heterocycles. The molecule has 0 saturated heterocycles. The largest absolute Gasteiger partial charge is 0.396 e. The summed E-state index contributed by atoms with van der Waals surface area (Å²) >= 11 is 0. The van der Waals surface area contributed by atoms with Crippen molar-refractivity contribution in [2.45, 2.75) is 45.6 Å². The van der Waals surface area contributed by atoms with Crippen molar-refractivity contribution in [3.8, 4) is 0 Å². The summed E-state index contributed by atoms with van der Waals surface area (Å²) in [5.41, 5.74) is 0. The first-order valence-corrected chi connectivity index (χ1v) is 6.56. The minimum absolute atomic E-state index is 0.138. The summed E-state index contributed by atoms with van der Waals surface area (Å²) in [7, 11) is 0. The Morgan fingerprint density at radius 2 is 2.00 bits per heavy atom. The molecule has 3 heteroatoms. The molecule has 0 aromatic carbocycles.